The summed E-state index contributed by atoms with van der Waals surface area (Å²) in [7, 11) is 0. The Hall–Kier alpha value is -0.920. The van der Waals surface area contributed by atoms with Gasteiger partial charge in [-0.2, -0.15) is 0 Å². The number of aryl methyl sites for hydroxylation is 1. The Morgan fingerprint density at radius 1 is 1.27 bits per heavy atom. The van der Waals surface area contributed by atoms with Crippen LogP contribution in [0.1, 0.15) is 11.1 Å². The molecular formula is C9H9F2. The molecule has 0 heterocycles. The molecule has 0 aliphatic heterocycles. The van der Waals surface area contributed by atoms with Crippen LogP contribution in [0.3, 0.4) is 0 Å². The molecule has 0 atom stereocenters. The van der Waals surface area contributed by atoms with Gasteiger partial charge in [0.25, 0.3) is 0 Å². The highest BCUT2D eigenvalue weighted by Crippen LogP contribution is 2.14. The lowest BCUT2D eigenvalue weighted by Crippen LogP contribution is -1.94. The van der Waals surface area contributed by atoms with E-state index in [4.69, 9.17) is 0 Å². The predicted octanol–water partition coefficient (Wildman–Crippen LogP) is 2.65. The maximum absolute atomic E-state index is 12.8. The largest absolute Gasteiger partial charge is 0.207 e. The van der Waals surface area contributed by atoms with Crippen molar-refractivity contribution in [2.45, 2.75) is 13.3 Å². The lowest BCUT2D eigenvalue weighted by atomic mass is 10.1. The van der Waals surface area contributed by atoms with E-state index in [2.05, 4.69) is 6.92 Å². The first-order chi connectivity index (χ1) is 5.15. The van der Waals surface area contributed by atoms with Crippen molar-refractivity contribution >= 4 is 0 Å². The Balaban J connectivity index is 3.25. The standard InChI is InChI=1S/C9H9F2/c1-3-7-8(10)4-6(2)5-9(7)11/h4-5H,1,3H2,2H3. The summed E-state index contributed by atoms with van der Waals surface area (Å²) in [6.45, 7) is 5.08. The summed E-state index contributed by atoms with van der Waals surface area (Å²) in [5.74, 6) is -1.00. The van der Waals surface area contributed by atoms with Crippen LogP contribution in [0.2, 0.25) is 0 Å². The third-order valence-electron chi connectivity index (χ3n) is 1.54. The molecule has 0 saturated carbocycles. The summed E-state index contributed by atoms with van der Waals surface area (Å²) < 4.78 is 25.7. The highest BCUT2D eigenvalue weighted by atomic mass is 19.1. The van der Waals surface area contributed by atoms with Gasteiger partial charge in [-0.3, -0.25) is 0 Å². The number of rotatable bonds is 1. The first-order valence-electron chi connectivity index (χ1n) is 3.39. The Bertz CT molecular complexity index is 243. The molecule has 0 bridgehead atoms. The van der Waals surface area contributed by atoms with Crippen molar-refractivity contribution in [3.8, 4) is 0 Å². The van der Waals surface area contributed by atoms with Gasteiger partial charge < -0.3 is 0 Å². The molecule has 1 aromatic rings. The van der Waals surface area contributed by atoms with Gasteiger partial charge in [0.15, 0.2) is 0 Å². The maximum Gasteiger partial charge on any atom is 0.129 e. The summed E-state index contributed by atoms with van der Waals surface area (Å²) in [5, 5.41) is 0. The fourth-order valence-electron chi connectivity index (χ4n) is 0.969. The van der Waals surface area contributed by atoms with Crippen LogP contribution in [0.5, 0.6) is 0 Å². The molecular weight excluding hydrogens is 146 g/mol. The van der Waals surface area contributed by atoms with Gasteiger partial charge in [-0.15, -0.1) is 0 Å². The average molecular weight is 155 g/mol. The highest BCUT2D eigenvalue weighted by molar-refractivity contribution is 5.25. The summed E-state index contributed by atoms with van der Waals surface area (Å²) in [6, 6.07) is 2.62. The number of halogens is 2. The van der Waals surface area contributed by atoms with Crippen molar-refractivity contribution in [1.82, 2.24) is 0 Å². The van der Waals surface area contributed by atoms with Crippen molar-refractivity contribution in [2.24, 2.45) is 0 Å². The first kappa shape index (κ1) is 8.18. The van der Waals surface area contributed by atoms with Crippen molar-refractivity contribution in [2.75, 3.05) is 0 Å². The fraction of sp³-hybridized carbons (Fsp3) is 0.222. The van der Waals surface area contributed by atoms with Crippen LogP contribution in [0, 0.1) is 25.5 Å². The van der Waals surface area contributed by atoms with E-state index >= 15 is 0 Å². The van der Waals surface area contributed by atoms with E-state index in [-0.39, 0.29) is 12.0 Å². The molecule has 0 aromatic heterocycles. The van der Waals surface area contributed by atoms with Gasteiger partial charge in [-0.1, -0.05) is 0 Å². The van der Waals surface area contributed by atoms with Crippen molar-refractivity contribution in [3.05, 3.63) is 41.8 Å². The molecule has 0 aliphatic carbocycles. The normalized spacial score (nSPS) is 10.2. The van der Waals surface area contributed by atoms with E-state index in [0.717, 1.165) is 0 Å². The van der Waals surface area contributed by atoms with Crippen LogP contribution in [0.4, 0.5) is 8.78 Å². The lowest BCUT2D eigenvalue weighted by molar-refractivity contribution is 0.560. The van der Waals surface area contributed by atoms with Gasteiger partial charge in [0.2, 0.25) is 0 Å². The molecule has 0 N–H and O–H groups in total. The molecule has 0 fully saturated rings. The Morgan fingerprint density at radius 2 is 1.73 bits per heavy atom. The number of hydrogen-bond acceptors (Lipinski definition) is 0. The van der Waals surface area contributed by atoms with E-state index in [1.165, 1.54) is 12.1 Å². The Labute approximate surface area is 64.9 Å². The van der Waals surface area contributed by atoms with Gasteiger partial charge in [0.05, 0.1) is 0 Å². The molecule has 59 valence electrons. The Kier molecular flexibility index (Phi) is 2.22. The quantitative estimate of drug-likeness (QED) is 0.584. The van der Waals surface area contributed by atoms with Crippen LogP contribution in [0.25, 0.3) is 0 Å². The summed E-state index contributed by atoms with van der Waals surface area (Å²) in [4.78, 5) is 0. The second kappa shape index (κ2) is 2.99. The highest BCUT2D eigenvalue weighted by Gasteiger charge is 2.06. The second-order valence-corrected chi connectivity index (χ2v) is 2.46. The Morgan fingerprint density at radius 3 is 2.09 bits per heavy atom. The van der Waals surface area contributed by atoms with Gasteiger partial charge in [-0.05, 0) is 38.0 Å². The fourth-order valence-corrected chi connectivity index (χ4v) is 0.969. The first-order valence-corrected chi connectivity index (χ1v) is 3.39. The number of benzene rings is 1. The average Bonchev–Trinajstić information content (AvgIpc) is 1.85. The van der Waals surface area contributed by atoms with E-state index in [9.17, 15) is 8.78 Å². The van der Waals surface area contributed by atoms with Crippen LogP contribution in [0.15, 0.2) is 12.1 Å². The van der Waals surface area contributed by atoms with E-state index < -0.39 is 11.6 Å². The van der Waals surface area contributed by atoms with Crippen molar-refractivity contribution < 1.29 is 8.78 Å². The van der Waals surface area contributed by atoms with E-state index in [0.29, 0.717) is 5.56 Å². The zero-order valence-corrected chi connectivity index (χ0v) is 6.32. The smallest absolute Gasteiger partial charge is 0.129 e. The van der Waals surface area contributed by atoms with E-state index in [1.807, 2.05) is 0 Å². The van der Waals surface area contributed by atoms with Crippen LogP contribution >= 0.6 is 0 Å². The van der Waals surface area contributed by atoms with Crippen molar-refractivity contribution in [1.29, 1.82) is 0 Å². The van der Waals surface area contributed by atoms with E-state index in [1.54, 1.807) is 6.92 Å². The number of hydrogen-bond donors (Lipinski definition) is 0. The minimum atomic E-state index is -0.502. The molecule has 0 aliphatic rings. The third-order valence-corrected chi connectivity index (χ3v) is 1.54. The van der Waals surface area contributed by atoms with Gasteiger partial charge in [-0.25, -0.2) is 8.78 Å². The molecule has 1 radical (unpaired) electrons. The molecule has 1 aromatic carbocycles. The summed E-state index contributed by atoms with van der Waals surface area (Å²) in [5.41, 5.74) is 0.660. The molecule has 0 amide bonds. The molecule has 2 heteroatoms. The third kappa shape index (κ3) is 1.56. The maximum atomic E-state index is 12.8. The minimum Gasteiger partial charge on any atom is -0.207 e. The SMILES string of the molecule is [CH2]Cc1c(F)cc(C)cc1F. The van der Waals surface area contributed by atoms with Crippen LogP contribution in [-0.2, 0) is 6.42 Å². The summed E-state index contributed by atoms with van der Waals surface area (Å²) >= 11 is 0. The second-order valence-electron chi connectivity index (χ2n) is 2.46. The predicted molar refractivity (Wildman–Crippen MR) is 40.2 cm³/mol. The molecule has 0 spiro atoms. The molecule has 1 rings (SSSR count). The van der Waals surface area contributed by atoms with Gasteiger partial charge in [0, 0.05) is 5.56 Å². The van der Waals surface area contributed by atoms with Crippen molar-refractivity contribution in [3.63, 3.8) is 0 Å². The zero-order valence-electron chi connectivity index (χ0n) is 6.32. The molecule has 0 saturated heterocycles. The molecule has 11 heavy (non-hydrogen) atoms. The van der Waals surface area contributed by atoms with Crippen LogP contribution in [-0.4, -0.2) is 0 Å². The minimum absolute atomic E-state index is 0.0654. The monoisotopic (exact) mass is 155 g/mol. The van der Waals surface area contributed by atoms with Gasteiger partial charge >= 0.3 is 0 Å². The summed E-state index contributed by atoms with van der Waals surface area (Å²) in [6.07, 6.45) is 0.151. The molecule has 0 nitrogen and oxygen atoms in total. The zero-order chi connectivity index (χ0) is 8.43. The van der Waals surface area contributed by atoms with Crippen LogP contribution < -0.4 is 0 Å². The van der Waals surface area contributed by atoms with Gasteiger partial charge in [0.1, 0.15) is 11.6 Å². The molecule has 0 unspecified atom stereocenters. The lowest BCUT2D eigenvalue weighted by Gasteiger charge is -2.01. The topological polar surface area (TPSA) is 0 Å².